The Kier molecular flexibility index (Phi) is 9.24. The third-order valence-corrected chi connectivity index (χ3v) is 8.78. The summed E-state index contributed by atoms with van der Waals surface area (Å²) in [6.45, 7) is -2.67. The first kappa shape index (κ1) is 38.0. The fourth-order valence-electron chi connectivity index (χ4n) is 6.07. The number of fused-ring (bicyclic) bond motifs is 6. The minimum atomic E-state index is -2.49. The van der Waals surface area contributed by atoms with Crippen molar-refractivity contribution >= 4 is 23.9 Å². The zero-order valence-electron chi connectivity index (χ0n) is 27.6. The number of esters is 4. The Balaban J connectivity index is 1.58. The fourth-order valence-corrected chi connectivity index (χ4v) is 6.07. The second-order valence-corrected chi connectivity index (χ2v) is 12.1. The lowest BCUT2D eigenvalue weighted by molar-refractivity contribution is -0.135. The largest absolute Gasteiger partial charge is 0.504 e. The van der Waals surface area contributed by atoms with E-state index in [1.807, 2.05) is 0 Å². The second-order valence-electron chi connectivity index (χ2n) is 12.1. The predicted molar refractivity (Wildman–Crippen MR) is 175 cm³/mol. The van der Waals surface area contributed by atoms with E-state index in [0.717, 1.165) is 0 Å². The van der Waals surface area contributed by atoms with Crippen LogP contribution in [0.1, 0.15) is 41.4 Å². The molecule has 6 rings (SSSR count). The van der Waals surface area contributed by atoms with Crippen molar-refractivity contribution in [3.8, 4) is 91.2 Å². The first-order valence-electron chi connectivity index (χ1n) is 15.5. The number of phenolic OH excluding ortho intramolecular Hbond substituents is 12. The summed E-state index contributed by atoms with van der Waals surface area (Å²) in [5.74, 6) is -22.5. The first-order valence-corrected chi connectivity index (χ1v) is 15.5. The molecule has 294 valence electrons. The number of ether oxygens (including phenoxy) is 4. The average Bonchev–Trinajstić information content (AvgIpc) is 3.17. The molecule has 0 unspecified atom stereocenters. The Morgan fingerprint density at radius 3 is 1.09 bits per heavy atom. The fraction of sp³-hybridized carbons (Fsp3) is 0.176. The molecule has 0 saturated carbocycles. The molecule has 4 aromatic rings. The quantitative estimate of drug-likeness (QED) is 0.0738. The smallest absolute Gasteiger partial charge is 0.339 e. The first-order chi connectivity index (χ1) is 26.3. The van der Waals surface area contributed by atoms with Gasteiger partial charge in [-0.3, -0.25) is 0 Å². The van der Waals surface area contributed by atoms with Gasteiger partial charge in [0.25, 0.3) is 0 Å². The molecule has 0 saturated heterocycles. The standard InChI is InChI=1S/C34H26O22/c35-5-16-30(56-34(52)10-4-14(39)24(44)28(48)20(10)18-8(32(50)54-16)2-12(37)22(42)26(18)46)29-15(40)6-53-31(49)7-1-11(36)21(41)25(45)17(7)19-9(33(51)55-29)3-13(38)23(43)27(19)47/h1-4,15-16,29-30,35-48H,5-6H2/t15-,16+,29-,30-/m1/s1. The van der Waals surface area contributed by atoms with Crippen molar-refractivity contribution in [3.63, 3.8) is 0 Å². The van der Waals surface area contributed by atoms with Crippen molar-refractivity contribution < 1.29 is 110 Å². The van der Waals surface area contributed by atoms with Crippen molar-refractivity contribution in [2.75, 3.05) is 13.2 Å². The zero-order chi connectivity index (χ0) is 41.2. The number of carbonyl (C=O) groups is 4. The molecule has 4 aromatic carbocycles. The summed E-state index contributed by atoms with van der Waals surface area (Å²) in [4.78, 5) is 55.0. The van der Waals surface area contributed by atoms with Crippen LogP contribution >= 0.6 is 0 Å². The number of benzene rings is 4. The van der Waals surface area contributed by atoms with Crippen LogP contribution in [0.5, 0.6) is 69.0 Å². The highest BCUT2D eigenvalue weighted by Crippen LogP contribution is 2.54. The van der Waals surface area contributed by atoms with Gasteiger partial charge >= 0.3 is 23.9 Å². The van der Waals surface area contributed by atoms with Crippen molar-refractivity contribution in [1.82, 2.24) is 0 Å². The molecule has 4 atom stereocenters. The average molecular weight is 787 g/mol. The van der Waals surface area contributed by atoms with Gasteiger partial charge in [-0.05, 0) is 24.3 Å². The summed E-state index contributed by atoms with van der Waals surface area (Å²) < 4.78 is 21.2. The van der Waals surface area contributed by atoms with Crippen LogP contribution < -0.4 is 0 Å². The molecule has 0 fully saturated rings. The Morgan fingerprint density at radius 2 is 0.750 bits per heavy atom. The molecule has 0 bridgehead atoms. The lowest BCUT2D eigenvalue weighted by Gasteiger charge is -2.34. The van der Waals surface area contributed by atoms with E-state index in [9.17, 15) is 90.7 Å². The van der Waals surface area contributed by atoms with Gasteiger partial charge in [-0.1, -0.05) is 0 Å². The number of hydrogen-bond donors (Lipinski definition) is 14. The Bertz CT molecular complexity index is 2380. The molecule has 14 N–H and O–H groups in total. The molecule has 0 spiro atoms. The maximum Gasteiger partial charge on any atom is 0.339 e. The molecule has 22 nitrogen and oxygen atoms in total. The van der Waals surface area contributed by atoms with Gasteiger partial charge in [0.2, 0.25) is 23.0 Å². The van der Waals surface area contributed by atoms with Gasteiger partial charge in [0, 0.05) is 22.3 Å². The summed E-state index contributed by atoms with van der Waals surface area (Å²) in [5.41, 5.74) is -8.12. The van der Waals surface area contributed by atoms with Crippen molar-refractivity contribution in [1.29, 1.82) is 0 Å². The lowest BCUT2D eigenvalue weighted by atomic mass is 9.91. The number of aromatic hydroxyl groups is 12. The number of carbonyl (C=O) groups excluding carboxylic acids is 4. The highest BCUT2D eigenvalue weighted by molar-refractivity contribution is 6.10. The van der Waals surface area contributed by atoms with E-state index >= 15 is 0 Å². The number of aliphatic hydroxyl groups excluding tert-OH is 2. The maximum atomic E-state index is 14.0. The van der Waals surface area contributed by atoms with Gasteiger partial charge in [0.05, 0.1) is 28.9 Å². The number of aliphatic hydroxyl groups is 2. The van der Waals surface area contributed by atoms with Crippen molar-refractivity contribution in [2.45, 2.75) is 24.4 Å². The van der Waals surface area contributed by atoms with Crippen LogP contribution in [0, 0.1) is 0 Å². The SMILES string of the molecule is O=C1OC[C@@H](O)[C@H]([C@@H]2OC(=O)c3cc(O)c(O)c(O)c3-c3c(cc(O)c(O)c3O)C(=O)O[C@H]2CO)OC(=O)c2cc(O)c(O)c(O)c2-c2c1cc(O)c(O)c2O. The molecule has 2 heterocycles. The van der Waals surface area contributed by atoms with Gasteiger partial charge in [-0.25, -0.2) is 19.2 Å². The van der Waals surface area contributed by atoms with E-state index in [-0.39, 0.29) is 0 Å². The monoisotopic (exact) mass is 786 g/mol. The van der Waals surface area contributed by atoms with E-state index < -0.39 is 175 Å². The number of hydrogen-bond acceptors (Lipinski definition) is 22. The number of phenols is 12. The number of cyclic esters (lactones) is 4. The van der Waals surface area contributed by atoms with E-state index in [1.54, 1.807) is 0 Å². The van der Waals surface area contributed by atoms with Crippen LogP contribution in [0.25, 0.3) is 22.3 Å². The minimum Gasteiger partial charge on any atom is -0.504 e. The summed E-state index contributed by atoms with van der Waals surface area (Å²) >= 11 is 0. The summed E-state index contributed by atoms with van der Waals surface area (Å²) in [6.07, 6.45) is -9.63. The van der Waals surface area contributed by atoms with E-state index in [0.29, 0.717) is 24.3 Å². The summed E-state index contributed by atoms with van der Waals surface area (Å²) in [5, 5.41) is 147. The predicted octanol–water partition coefficient (Wildman–Crippen LogP) is 0.301. The third-order valence-electron chi connectivity index (χ3n) is 8.78. The molecule has 2 aliphatic heterocycles. The normalized spacial score (nSPS) is 19.8. The van der Waals surface area contributed by atoms with Gasteiger partial charge in [0.1, 0.15) is 12.7 Å². The highest BCUT2D eigenvalue weighted by Gasteiger charge is 2.46. The highest BCUT2D eigenvalue weighted by atomic mass is 16.6. The van der Waals surface area contributed by atoms with Crippen molar-refractivity contribution in [2.24, 2.45) is 0 Å². The van der Waals surface area contributed by atoms with Gasteiger partial charge < -0.3 is 90.4 Å². The van der Waals surface area contributed by atoms with Crippen LogP contribution in [0.2, 0.25) is 0 Å². The van der Waals surface area contributed by atoms with Crippen LogP contribution in [-0.4, -0.2) is 133 Å². The second kappa shape index (κ2) is 13.6. The Morgan fingerprint density at radius 1 is 0.446 bits per heavy atom. The lowest BCUT2D eigenvalue weighted by Crippen LogP contribution is -2.53. The molecular formula is C34H26O22. The molecule has 0 aliphatic carbocycles. The zero-order valence-corrected chi connectivity index (χ0v) is 27.6. The summed E-state index contributed by atoms with van der Waals surface area (Å²) in [6, 6.07) is 1.80. The third kappa shape index (κ3) is 5.86. The Hall–Kier alpha value is -7.72. The van der Waals surface area contributed by atoms with Crippen LogP contribution in [-0.2, 0) is 18.9 Å². The minimum absolute atomic E-state index is 0.412. The molecule has 0 aromatic heterocycles. The van der Waals surface area contributed by atoms with Crippen LogP contribution in [0.15, 0.2) is 24.3 Å². The van der Waals surface area contributed by atoms with Gasteiger partial charge in [-0.15, -0.1) is 0 Å². The van der Waals surface area contributed by atoms with Crippen LogP contribution in [0.3, 0.4) is 0 Å². The van der Waals surface area contributed by atoms with Gasteiger partial charge in [-0.2, -0.15) is 0 Å². The van der Waals surface area contributed by atoms with Crippen LogP contribution in [0.4, 0.5) is 0 Å². The number of rotatable bonds is 2. The molecule has 56 heavy (non-hydrogen) atoms. The van der Waals surface area contributed by atoms with E-state index in [1.165, 1.54) is 0 Å². The topological polar surface area (TPSA) is 388 Å². The molecule has 22 heteroatoms. The molecule has 2 aliphatic rings. The molecule has 0 amide bonds. The van der Waals surface area contributed by atoms with Gasteiger partial charge in [0.15, 0.2) is 64.3 Å². The summed E-state index contributed by atoms with van der Waals surface area (Å²) in [7, 11) is 0. The van der Waals surface area contributed by atoms with E-state index in [4.69, 9.17) is 18.9 Å². The van der Waals surface area contributed by atoms with Crippen molar-refractivity contribution in [3.05, 3.63) is 46.5 Å². The molecule has 0 radical (unpaired) electrons. The Labute approximate surface area is 308 Å². The maximum absolute atomic E-state index is 14.0. The van der Waals surface area contributed by atoms with E-state index in [2.05, 4.69) is 0 Å². The molecular weight excluding hydrogens is 760 g/mol.